The zero-order valence-corrected chi connectivity index (χ0v) is 15.3. The van der Waals surface area contributed by atoms with Crippen LogP contribution in [-0.4, -0.2) is 37.3 Å². The van der Waals surface area contributed by atoms with Crippen LogP contribution in [0.4, 0.5) is 0 Å². The lowest BCUT2D eigenvalue weighted by atomic mass is 9.86. The Kier molecular flexibility index (Phi) is 5.87. The van der Waals surface area contributed by atoms with Crippen molar-refractivity contribution >= 4 is 18.3 Å². The van der Waals surface area contributed by atoms with Crippen LogP contribution in [0.5, 0.6) is 5.75 Å². The highest BCUT2D eigenvalue weighted by atomic mass is 35.5. The van der Waals surface area contributed by atoms with E-state index in [0.717, 1.165) is 43.7 Å². The lowest BCUT2D eigenvalue weighted by molar-refractivity contribution is -0.123. The lowest BCUT2D eigenvalue weighted by Gasteiger charge is -2.40. The molecule has 3 aliphatic rings. The number of benzene rings is 1. The van der Waals surface area contributed by atoms with Crippen molar-refractivity contribution in [2.75, 3.05) is 19.8 Å². The molecule has 4 rings (SSSR count). The number of rotatable bonds is 3. The molecule has 2 aliphatic heterocycles. The first kappa shape index (κ1) is 18.5. The summed E-state index contributed by atoms with van der Waals surface area (Å²) in [4.78, 5) is 12.5. The molecule has 0 aromatic heterocycles. The first-order chi connectivity index (χ1) is 11.7. The molecule has 1 saturated carbocycles. The Hall–Kier alpha value is -1.30. The molecule has 1 aromatic carbocycles. The van der Waals surface area contributed by atoms with E-state index in [4.69, 9.17) is 9.47 Å². The maximum Gasteiger partial charge on any atom is 0.222 e. The van der Waals surface area contributed by atoms with Crippen LogP contribution in [0.25, 0.3) is 0 Å². The highest BCUT2D eigenvalue weighted by Gasteiger charge is 2.43. The third-order valence-electron chi connectivity index (χ3n) is 5.48. The summed E-state index contributed by atoms with van der Waals surface area (Å²) in [5.41, 5.74) is 1.02. The van der Waals surface area contributed by atoms with Crippen molar-refractivity contribution in [3.05, 3.63) is 29.8 Å². The summed E-state index contributed by atoms with van der Waals surface area (Å²) in [6.07, 6.45) is 5.95. The molecule has 2 N–H and O–H groups in total. The molecule has 2 atom stereocenters. The Bertz CT molecular complexity index is 598. The molecule has 2 heterocycles. The van der Waals surface area contributed by atoms with E-state index in [9.17, 15) is 4.79 Å². The van der Waals surface area contributed by atoms with Crippen molar-refractivity contribution in [2.24, 2.45) is 0 Å². The van der Waals surface area contributed by atoms with Gasteiger partial charge < -0.3 is 20.1 Å². The van der Waals surface area contributed by atoms with Gasteiger partial charge in [-0.2, -0.15) is 0 Å². The largest absolute Gasteiger partial charge is 0.487 e. The summed E-state index contributed by atoms with van der Waals surface area (Å²) in [7, 11) is 0. The molecule has 5 nitrogen and oxygen atoms in total. The lowest BCUT2D eigenvalue weighted by Crippen LogP contribution is -2.47. The van der Waals surface area contributed by atoms with Crippen LogP contribution < -0.4 is 15.4 Å². The van der Waals surface area contributed by atoms with Crippen LogP contribution >= 0.6 is 12.4 Å². The predicted molar refractivity (Wildman–Crippen MR) is 98.2 cm³/mol. The predicted octanol–water partition coefficient (Wildman–Crippen LogP) is 2.74. The Morgan fingerprint density at radius 1 is 1.28 bits per heavy atom. The van der Waals surface area contributed by atoms with Gasteiger partial charge in [-0.05, 0) is 31.7 Å². The molecule has 0 bridgehead atoms. The second-order valence-corrected chi connectivity index (χ2v) is 7.28. The summed E-state index contributed by atoms with van der Waals surface area (Å²) < 4.78 is 11.8. The van der Waals surface area contributed by atoms with Gasteiger partial charge in [0, 0.05) is 31.0 Å². The van der Waals surface area contributed by atoms with Gasteiger partial charge in [0.15, 0.2) is 0 Å². The Morgan fingerprint density at radius 2 is 2.08 bits per heavy atom. The number of fused-ring (bicyclic) bond motifs is 1. The van der Waals surface area contributed by atoms with Gasteiger partial charge in [0.05, 0.1) is 19.3 Å². The number of halogens is 1. The molecular formula is C19H27ClN2O3. The van der Waals surface area contributed by atoms with Gasteiger partial charge >= 0.3 is 0 Å². The second-order valence-electron chi connectivity index (χ2n) is 7.28. The van der Waals surface area contributed by atoms with Gasteiger partial charge in [-0.15, -0.1) is 12.4 Å². The number of amides is 1. The molecule has 25 heavy (non-hydrogen) atoms. The minimum Gasteiger partial charge on any atom is -0.487 e. The van der Waals surface area contributed by atoms with Crippen LogP contribution in [0, 0.1) is 0 Å². The van der Waals surface area contributed by atoms with Crippen LogP contribution in [0.3, 0.4) is 0 Å². The van der Waals surface area contributed by atoms with Crippen LogP contribution in [0.1, 0.15) is 50.1 Å². The maximum absolute atomic E-state index is 12.5. The van der Waals surface area contributed by atoms with Crippen LogP contribution in [-0.2, 0) is 9.53 Å². The fraction of sp³-hybridized carbons (Fsp3) is 0.632. The fourth-order valence-electron chi connectivity index (χ4n) is 4.30. The average Bonchev–Trinajstić information content (AvgIpc) is 3.03. The van der Waals surface area contributed by atoms with Gasteiger partial charge in [0.1, 0.15) is 11.4 Å². The van der Waals surface area contributed by atoms with E-state index in [-0.39, 0.29) is 36.0 Å². The molecule has 1 aliphatic carbocycles. The summed E-state index contributed by atoms with van der Waals surface area (Å²) in [6, 6.07) is 8.30. The van der Waals surface area contributed by atoms with Gasteiger partial charge in [-0.25, -0.2) is 0 Å². The number of hydrogen-bond donors (Lipinski definition) is 2. The van der Waals surface area contributed by atoms with Crippen molar-refractivity contribution in [1.82, 2.24) is 10.6 Å². The van der Waals surface area contributed by atoms with Crippen molar-refractivity contribution in [3.8, 4) is 5.75 Å². The average molecular weight is 367 g/mol. The van der Waals surface area contributed by atoms with E-state index in [1.807, 2.05) is 18.2 Å². The van der Waals surface area contributed by atoms with Gasteiger partial charge in [-0.1, -0.05) is 18.2 Å². The third-order valence-corrected chi connectivity index (χ3v) is 5.48. The van der Waals surface area contributed by atoms with E-state index in [1.165, 1.54) is 12.8 Å². The Labute approximate surface area is 155 Å². The number of hydrogen-bond acceptors (Lipinski definition) is 4. The molecule has 1 saturated heterocycles. The smallest absolute Gasteiger partial charge is 0.222 e. The van der Waals surface area contributed by atoms with Gasteiger partial charge in [0.2, 0.25) is 5.91 Å². The van der Waals surface area contributed by atoms with Crippen molar-refractivity contribution in [1.29, 1.82) is 0 Å². The van der Waals surface area contributed by atoms with Crippen LogP contribution in [0.15, 0.2) is 24.3 Å². The first-order valence-corrected chi connectivity index (χ1v) is 9.13. The van der Waals surface area contributed by atoms with E-state index in [2.05, 4.69) is 16.7 Å². The number of ether oxygens (including phenoxy) is 2. The number of carbonyl (C=O) groups is 1. The molecule has 1 amide bonds. The molecule has 1 aromatic rings. The normalized spacial score (nSPS) is 27.0. The number of nitrogens with one attached hydrogen (secondary N) is 2. The van der Waals surface area contributed by atoms with E-state index in [0.29, 0.717) is 13.0 Å². The number of carbonyl (C=O) groups excluding carboxylic acids is 1. The molecule has 138 valence electrons. The van der Waals surface area contributed by atoms with Crippen LogP contribution in [0.2, 0.25) is 0 Å². The minimum atomic E-state index is -0.0848. The monoisotopic (exact) mass is 366 g/mol. The molecule has 2 unspecified atom stereocenters. The highest BCUT2D eigenvalue weighted by Crippen LogP contribution is 2.46. The first-order valence-electron chi connectivity index (χ1n) is 9.13. The van der Waals surface area contributed by atoms with Gasteiger partial charge in [-0.3, -0.25) is 4.79 Å². The second kappa shape index (κ2) is 7.94. The van der Waals surface area contributed by atoms with Crippen molar-refractivity contribution in [3.63, 3.8) is 0 Å². The van der Waals surface area contributed by atoms with Crippen molar-refractivity contribution in [2.45, 2.75) is 56.2 Å². The van der Waals surface area contributed by atoms with E-state index >= 15 is 0 Å². The minimum absolute atomic E-state index is 0. The maximum atomic E-state index is 12.5. The number of morpholine rings is 1. The van der Waals surface area contributed by atoms with Gasteiger partial charge in [0.25, 0.3) is 0 Å². The van der Waals surface area contributed by atoms with E-state index < -0.39 is 0 Å². The highest BCUT2D eigenvalue weighted by molar-refractivity contribution is 5.85. The summed E-state index contributed by atoms with van der Waals surface area (Å²) >= 11 is 0. The summed E-state index contributed by atoms with van der Waals surface area (Å²) in [5.74, 6) is 1.03. The SMILES string of the molecule is Cl.O=C(CC1COCCN1)NC1CC2(CCCC2)Oc2ccccc21. The third kappa shape index (κ3) is 4.10. The molecule has 0 radical (unpaired) electrons. The molecule has 6 heteroatoms. The van der Waals surface area contributed by atoms with E-state index in [1.54, 1.807) is 0 Å². The number of para-hydroxylation sites is 1. The molecular weight excluding hydrogens is 340 g/mol. The zero-order valence-electron chi connectivity index (χ0n) is 14.5. The molecule has 1 spiro atoms. The Morgan fingerprint density at radius 3 is 2.84 bits per heavy atom. The summed E-state index contributed by atoms with van der Waals surface area (Å²) in [5, 5.41) is 6.60. The quantitative estimate of drug-likeness (QED) is 0.863. The molecule has 2 fully saturated rings. The zero-order chi connectivity index (χ0) is 16.4. The topological polar surface area (TPSA) is 59.6 Å². The van der Waals surface area contributed by atoms with Crippen molar-refractivity contribution < 1.29 is 14.3 Å². The Balaban J connectivity index is 0.00000182. The standard InChI is InChI=1S/C19H26N2O3.ClH/c22-18(11-14-13-23-10-9-20-14)21-16-12-19(7-3-4-8-19)24-17-6-2-1-5-15(16)17;/h1-2,5-6,14,16,20H,3-4,7-13H2,(H,21,22);1H. The fourth-order valence-corrected chi connectivity index (χ4v) is 4.30. The summed E-state index contributed by atoms with van der Waals surface area (Å²) in [6.45, 7) is 2.16.